The molecule has 29 heavy (non-hydrogen) atoms. The largest absolute Gasteiger partial charge is 0.495 e. The number of thiocarbonyl (C=S) groups is 1. The van der Waals surface area contributed by atoms with Crippen molar-refractivity contribution >= 4 is 57.9 Å². The van der Waals surface area contributed by atoms with E-state index >= 15 is 0 Å². The van der Waals surface area contributed by atoms with Crippen LogP contribution < -0.4 is 15.4 Å². The summed E-state index contributed by atoms with van der Waals surface area (Å²) in [5.74, 6) is 1.86. The number of rotatable bonds is 4. The van der Waals surface area contributed by atoms with E-state index < -0.39 is 5.92 Å². The molecule has 0 saturated carbocycles. The van der Waals surface area contributed by atoms with E-state index in [2.05, 4.69) is 16.5 Å². The molecule has 0 bridgehead atoms. The lowest BCUT2D eigenvalue weighted by Gasteiger charge is -2.30. The van der Waals surface area contributed by atoms with Crippen molar-refractivity contribution in [1.82, 2.24) is 5.32 Å². The molecule has 5 nitrogen and oxygen atoms in total. The lowest BCUT2D eigenvalue weighted by atomic mass is 9.81. The molecule has 1 unspecified atom stereocenters. The average Bonchev–Trinajstić information content (AvgIpc) is 2.68. The molecule has 3 N–H and O–H groups in total. The molecular formula is C21H17Cl2N3O2S. The van der Waals surface area contributed by atoms with Crippen LogP contribution >= 0.6 is 35.4 Å². The first-order valence-electron chi connectivity index (χ1n) is 8.58. The Balaban J connectivity index is 2.12. The van der Waals surface area contributed by atoms with E-state index in [4.69, 9.17) is 45.6 Å². The Bertz CT molecular complexity index is 1090. The predicted octanol–water partition coefficient (Wildman–Crippen LogP) is 5.10. The normalized spacial score (nSPS) is 16.2. The monoisotopic (exact) mass is 445 g/mol. The fraction of sp³-hybridized carbons (Fsp3) is 0.143. The van der Waals surface area contributed by atoms with Gasteiger partial charge in [0.05, 0.1) is 24.3 Å². The van der Waals surface area contributed by atoms with Crippen LogP contribution in [0.2, 0.25) is 10.0 Å². The van der Waals surface area contributed by atoms with Gasteiger partial charge in [-0.05, 0) is 42.6 Å². The Kier molecular flexibility index (Phi) is 6.40. The molecule has 0 radical (unpaired) electrons. The molecule has 3 rings (SSSR count). The van der Waals surface area contributed by atoms with Crippen molar-refractivity contribution in [3.63, 3.8) is 0 Å². The van der Waals surface area contributed by atoms with Crippen molar-refractivity contribution in [3.05, 3.63) is 74.9 Å². The van der Waals surface area contributed by atoms with Crippen LogP contribution in [0.25, 0.3) is 0 Å². The maximum Gasteiger partial charge on any atom is 0.254 e. The smallest absolute Gasteiger partial charge is 0.254 e. The molecule has 0 aliphatic carbocycles. The van der Waals surface area contributed by atoms with Crippen molar-refractivity contribution in [1.29, 1.82) is 5.41 Å². The van der Waals surface area contributed by atoms with Crippen molar-refractivity contribution in [2.24, 2.45) is 0 Å². The summed E-state index contributed by atoms with van der Waals surface area (Å²) < 4.78 is 5.31. The van der Waals surface area contributed by atoms with E-state index in [0.717, 1.165) is 0 Å². The number of halogens is 2. The van der Waals surface area contributed by atoms with Crippen LogP contribution in [0.15, 0.2) is 59.3 Å². The van der Waals surface area contributed by atoms with Gasteiger partial charge < -0.3 is 15.4 Å². The highest BCUT2D eigenvalue weighted by atomic mass is 35.5. The van der Waals surface area contributed by atoms with Crippen LogP contribution in [-0.2, 0) is 4.79 Å². The summed E-state index contributed by atoms with van der Waals surface area (Å²) in [6.07, 6.45) is 0. The first-order chi connectivity index (χ1) is 13.9. The van der Waals surface area contributed by atoms with E-state index in [1.807, 2.05) is 6.07 Å². The predicted molar refractivity (Wildman–Crippen MR) is 121 cm³/mol. The molecule has 1 heterocycles. The Morgan fingerprint density at radius 1 is 1.28 bits per heavy atom. The summed E-state index contributed by atoms with van der Waals surface area (Å²) in [7, 11) is 1.53. The zero-order valence-electron chi connectivity index (χ0n) is 15.6. The number of hydrogen-bond donors (Lipinski definition) is 3. The van der Waals surface area contributed by atoms with Gasteiger partial charge in [-0.15, -0.1) is 0 Å². The van der Waals surface area contributed by atoms with Gasteiger partial charge in [0, 0.05) is 21.3 Å². The summed E-state index contributed by atoms with van der Waals surface area (Å²) in [6, 6.07) is 12.1. The number of carbonyl (C=O) groups excluding carboxylic acids is 1. The zero-order valence-corrected chi connectivity index (χ0v) is 17.9. The minimum atomic E-state index is -0.666. The molecule has 1 aliphatic rings. The number of hydrogen-bond acceptors (Lipinski definition) is 4. The highest BCUT2D eigenvalue weighted by Gasteiger charge is 2.36. The zero-order chi connectivity index (χ0) is 21.1. The molecule has 8 heteroatoms. The number of anilines is 1. The maximum atomic E-state index is 13.3. The van der Waals surface area contributed by atoms with Crippen molar-refractivity contribution in [2.45, 2.75) is 12.8 Å². The second-order valence-electron chi connectivity index (χ2n) is 6.28. The molecule has 1 atom stereocenters. The molecule has 148 valence electrons. The third-order valence-electron chi connectivity index (χ3n) is 4.53. The quantitative estimate of drug-likeness (QED) is 0.347. The number of para-hydroxylation sites is 2. The van der Waals surface area contributed by atoms with E-state index in [1.54, 1.807) is 43.3 Å². The SMILES string of the molecule is COc1ccccc1NC(=O)C1=C(C)NC(=S)C(=C=N)C1c1ccc(Cl)cc1Cl. The van der Waals surface area contributed by atoms with Gasteiger partial charge in [0.15, 0.2) is 0 Å². The molecule has 2 aromatic carbocycles. The molecule has 2 aromatic rings. The lowest BCUT2D eigenvalue weighted by molar-refractivity contribution is -0.113. The number of nitrogens with one attached hydrogen (secondary N) is 3. The van der Waals surface area contributed by atoms with E-state index in [9.17, 15) is 4.79 Å². The lowest BCUT2D eigenvalue weighted by Crippen LogP contribution is -2.37. The van der Waals surface area contributed by atoms with Crippen LogP contribution in [-0.4, -0.2) is 23.9 Å². The number of benzene rings is 2. The Morgan fingerprint density at radius 3 is 2.66 bits per heavy atom. The minimum Gasteiger partial charge on any atom is -0.495 e. The minimum absolute atomic E-state index is 0.322. The topological polar surface area (TPSA) is 74.2 Å². The molecule has 0 spiro atoms. The van der Waals surface area contributed by atoms with Gasteiger partial charge >= 0.3 is 0 Å². The van der Waals surface area contributed by atoms with Crippen LogP contribution in [0, 0.1) is 5.41 Å². The number of allylic oxidation sites excluding steroid dienone is 1. The number of carbonyl (C=O) groups is 1. The van der Waals surface area contributed by atoms with Gasteiger partial charge in [-0.25, -0.2) is 0 Å². The van der Waals surface area contributed by atoms with Crippen molar-refractivity contribution < 1.29 is 9.53 Å². The van der Waals surface area contributed by atoms with Gasteiger partial charge in [0.2, 0.25) is 0 Å². The second-order valence-corrected chi connectivity index (χ2v) is 7.54. The van der Waals surface area contributed by atoms with E-state index in [-0.39, 0.29) is 5.91 Å². The Hall–Kier alpha value is -2.63. The fourth-order valence-electron chi connectivity index (χ4n) is 3.21. The highest BCUT2D eigenvalue weighted by Crippen LogP contribution is 2.40. The van der Waals surface area contributed by atoms with Gasteiger partial charge in [-0.3, -0.25) is 10.2 Å². The summed E-state index contributed by atoms with van der Waals surface area (Å²) >= 11 is 17.8. The van der Waals surface area contributed by atoms with Crippen LogP contribution in [0.3, 0.4) is 0 Å². The first-order valence-corrected chi connectivity index (χ1v) is 9.74. The van der Waals surface area contributed by atoms with Gasteiger partial charge in [-0.2, -0.15) is 0 Å². The van der Waals surface area contributed by atoms with Crippen molar-refractivity contribution in [2.75, 3.05) is 12.4 Å². The maximum absolute atomic E-state index is 13.3. The molecule has 1 amide bonds. The number of ether oxygens (including phenoxy) is 1. The molecule has 0 aromatic heterocycles. The van der Waals surface area contributed by atoms with E-state index in [1.165, 1.54) is 7.11 Å². The van der Waals surface area contributed by atoms with Crippen LogP contribution in [0.1, 0.15) is 18.4 Å². The van der Waals surface area contributed by atoms with Crippen LogP contribution in [0.5, 0.6) is 5.75 Å². The molecule has 0 saturated heterocycles. The number of methoxy groups -OCH3 is 1. The second kappa shape index (κ2) is 8.80. The van der Waals surface area contributed by atoms with Crippen LogP contribution in [0.4, 0.5) is 5.69 Å². The van der Waals surface area contributed by atoms with Crippen molar-refractivity contribution in [3.8, 4) is 5.75 Å². The Morgan fingerprint density at radius 2 is 2.00 bits per heavy atom. The summed E-state index contributed by atoms with van der Waals surface area (Å²) in [5.41, 5.74) is 2.43. The molecule has 1 aliphatic heterocycles. The average molecular weight is 446 g/mol. The number of amides is 1. The third kappa shape index (κ3) is 4.21. The standard InChI is InChI=1S/C21H17Cl2N3O2S/c1-11-18(20(27)26-16-5-3-4-6-17(16)28-2)19(14(10-24)21(29)25-11)13-8-7-12(22)9-15(13)23/h3-9,19,24H,1-2H3,(H,25,29)(H,26,27). The van der Waals surface area contributed by atoms with E-state index in [0.29, 0.717) is 48.9 Å². The van der Waals surface area contributed by atoms with Gasteiger partial charge in [-0.1, -0.05) is 53.6 Å². The summed E-state index contributed by atoms with van der Waals surface area (Å²) in [5, 5.41) is 14.4. The Labute approximate surface area is 183 Å². The van der Waals surface area contributed by atoms with Gasteiger partial charge in [0.1, 0.15) is 10.7 Å². The molecule has 0 fully saturated rings. The fourth-order valence-corrected chi connectivity index (χ4v) is 4.05. The van der Waals surface area contributed by atoms with Gasteiger partial charge in [0.25, 0.3) is 5.91 Å². The summed E-state index contributed by atoms with van der Waals surface area (Å²) in [6.45, 7) is 1.75. The highest BCUT2D eigenvalue weighted by molar-refractivity contribution is 7.80. The first kappa shape index (κ1) is 21.1. The third-order valence-corrected chi connectivity index (χ3v) is 5.42. The molecular weight excluding hydrogens is 429 g/mol. The summed E-state index contributed by atoms with van der Waals surface area (Å²) in [4.78, 5) is 13.6.